The van der Waals surface area contributed by atoms with Crippen molar-refractivity contribution in [3.63, 3.8) is 0 Å². The fraction of sp³-hybridized carbons (Fsp3) is 0.174. The average molecular weight is 448 g/mol. The van der Waals surface area contributed by atoms with Crippen LogP contribution >= 0.6 is 11.8 Å². The van der Waals surface area contributed by atoms with Gasteiger partial charge < -0.3 is 5.32 Å². The third-order valence-corrected chi connectivity index (χ3v) is 5.89. The molecule has 162 valence electrons. The van der Waals surface area contributed by atoms with Gasteiger partial charge in [-0.3, -0.25) is 19.5 Å². The summed E-state index contributed by atoms with van der Waals surface area (Å²) in [7, 11) is 0. The summed E-state index contributed by atoms with van der Waals surface area (Å²) < 4.78 is 1.97. The maximum atomic E-state index is 12.6. The number of pyridine rings is 1. The fourth-order valence-electron chi connectivity index (χ4n) is 3.77. The number of nitrogens with zero attached hydrogens (tertiary/aromatic N) is 4. The minimum atomic E-state index is -0.517. The normalized spacial score (nSPS) is 11.0. The Morgan fingerprint density at radius 2 is 1.84 bits per heavy atom. The Balaban J connectivity index is 1.66. The molecule has 9 heteroatoms. The Morgan fingerprint density at radius 1 is 1.12 bits per heavy atom. The van der Waals surface area contributed by atoms with E-state index in [1.165, 1.54) is 29.5 Å². The summed E-state index contributed by atoms with van der Waals surface area (Å²) in [5.41, 5.74) is 5.78. The number of nitro benzene ring substituents is 1. The van der Waals surface area contributed by atoms with E-state index in [0.717, 1.165) is 22.3 Å². The second kappa shape index (κ2) is 8.80. The van der Waals surface area contributed by atoms with Crippen LogP contribution in [-0.4, -0.2) is 31.1 Å². The monoisotopic (exact) mass is 447 g/mol. The lowest BCUT2D eigenvalue weighted by Crippen LogP contribution is -2.15. The molecular formula is C23H21N5O3S. The SMILES string of the molecule is Cc1cc(C)c(-n2c(SCC(=O)Nc3ccccc3[N+](=O)[O-])nc3cccnc32)c(C)c1. The molecule has 0 aliphatic carbocycles. The van der Waals surface area contributed by atoms with E-state index in [-0.39, 0.29) is 23.0 Å². The predicted octanol–water partition coefficient (Wildman–Crippen LogP) is 4.98. The Kier molecular flexibility index (Phi) is 5.91. The maximum Gasteiger partial charge on any atom is 0.292 e. The van der Waals surface area contributed by atoms with E-state index >= 15 is 0 Å². The molecule has 0 saturated heterocycles. The van der Waals surface area contributed by atoms with Crippen molar-refractivity contribution in [3.05, 3.63) is 81.5 Å². The van der Waals surface area contributed by atoms with Crippen LogP contribution in [0.2, 0.25) is 0 Å². The first kappa shape index (κ1) is 21.5. The molecule has 0 saturated carbocycles. The van der Waals surface area contributed by atoms with Crippen LogP contribution in [0.25, 0.3) is 16.9 Å². The number of hydrogen-bond acceptors (Lipinski definition) is 6. The van der Waals surface area contributed by atoms with Crippen LogP contribution in [0.4, 0.5) is 11.4 Å². The van der Waals surface area contributed by atoms with Crippen molar-refractivity contribution in [2.45, 2.75) is 25.9 Å². The number of amides is 1. The third-order valence-electron chi connectivity index (χ3n) is 4.95. The van der Waals surface area contributed by atoms with Crippen LogP contribution in [-0.2, 0) is 4.79 Å². The third kappa shape index (κ3) is 4.19. The summed E-state index contributed by atoms with van der Waals surface area (Å²) in [4.78, 5) is 32.5. The van der Waals surface area contributed by atoms with Crippen molar-refractivity contribution >= 4 is 40.2 Å². The van der Waals surface area contributed by atoms with Crippen LogP contribution in [0, 0.1) is 30.9 Å². The van der Waals surface area contributed by atoms with E-state index < -0.39 is 4.92 Å². The van der Waals surface area contributed by atoms with Crippen LogP contribution in [0.5, 0.6) is 0 Å². The van der Waals surface area contributed by atoms with E-state index in [4.69, 9.17) is 4.98 Å². The first-order valence-corrected chi connectivity index (χ1v) is 10.9. The molecule has 0 aliphatic rings. The molecule has 0 spiro atoms. The molecule has 2 aromatic carbocycles. The number of hydrogen-bond donors (Lipinski definition) is 1. The molecule has 1 amide bonds. The van der Waals surface area contributed by atoms with Crippen LogP contribution in [0.3, 0.4) is 0 Å². The Morgan fingerprint density at radius 3 is 2.56 bits per heavy atom. The minimum absolute atomic E-state index is 0.0410. The van der Waals surface area contributed by atoms with Gasteiger partial charge in [-0.05, 0) is 50.1 Å². The molecule has 0 aliphatic heterocycles. The lowest BCUT2D eigenvalue weighted by atomic mass is 10.1. The van der Waals surface area contributed by atoms with E-state index in [0.29, 0.717) is 10.8 Å². The van der Waals surface area contributed by atoms with Crippen molar-refractivity contribution in [3.8, 4) is 5.69 Å². The number of para-hydroxylation sites is 2. The number of nitro groups is 1. The lowest BCUT2D eigenvalue weighted by molar-refractivity contribution is -0.383. The number of aryl methyl sites for hydroxylation is 3. The Hall–Kier alpha value is -3.72. The number of aromatic nitrogens is 3. The summed E-state index contributed by atoms with van der Waals surface area (Å²) >= 11 is 1.26. The van der Waals surface area contributed by atoms with Crippen molar-refractivity contribution in [1.29, 1.82) is 0 Å². The van der Waals surface area contributed by atoms with E-state index in [2.05, 4.69) is 29.4 Å². The molecular weight excluding hydrogens is 426 g/mol. The first-order valence-electron chi connectivity index (χ1n) is 9.93. The average Bonchev–Trinajstić information content (AvgIpc) is 3.10. The number of benzene rings is 2. The fourth-order valence-corrected chi connectivity index (χ4v) is 4.57. The van der Waals surface area contributed by atoms with E-state index in [1.807, 2.05) is 30.5 Å². The molecule has 0 fully saturated rings. The van der Waals surface area contributed by atoms with E-state index in [9.17, 15) is 14.9 Å². The topological polar surface area (TPSA) is 103 Å². The molecule has 8 nitrogen and oxygen atoms in total. The van der Waals surface area contributed by atoms with Gasteiger partial charge in [-0.15, -0.1) is 0 Å². The molecule has 2 aromatic heterocycles. The molecule has 0 atom stereocenters. The minimum Gasteiger partial charge on any atom is -0.320 e. The van der Waals surface area contributed by atoms with Gasteiger partial charge in [-0.2, -0.15) is 0 Å². The van der Waals surface area contributed by atoms with Gasteiger partial charge in [0.15, 0.2) is 10.8 Å². The molecule has 0 bridgehead atoms. The zero-order valence-corrected chi connectivity index (χ0v) is 18.6. The highest BCUT2D eigenvalue weighted by Crippen LogP contribution is 2.31. The molecule has 4 rings (SSSR count). The largest absolute Gasteiger partial charge is 0.320 e. The smallest absolute Gasteiger partial charge is 0.292 e. The molecule has 1 N–H and O–H groups in total. The Bertz CT molecular complexity index is 1330. The maximum absolute atomic E-state index is 12.6. The highest BCUT2D eigenvalue weighted by Gasteiger charge is 2.20. The van der Waals surface area contributed by atoms with Gasteiger partial charge in [-0.25, -0.2) is 9.97 Å². The van der Waals surface area contributed by atoms with Crippen LogP contribution in [0.1, 0.15) is 16.7 Å². The lowest BCUT2D eigenvalue weighted by Gasteiger charge is -2.15. The molecule has 32 heavy (non-hydrogen) atoms. The molecule has 4 aromatic rings. The van der Waals surface area contributed by atoms with Gasteiger partial charge >= 0.3 is 0 Å². The van der Waals surface area contributed by atoms with Gasteiger partial charge in [0.1, 0.15) is 11.2 Å². The highest BCUT2D eigenvalue weighted by atomic mass is 32.2. The predicted molar refractivity (Wildman–Crippen MR) is 126 cm³/mol. The second-order valence-electron chi connectivity index (χ2n) is 7.43. The summed E-state index contributed by atoms with van der Waals surface area (Å²) in [6, 6.07) is 14.0. The van der Waals surface area contributed by atoms with Crippen LogP contribution in [0.15, 0.2) is 59.9 Å². The van der Waals surface area contributed by atoms with Crippen molar-refractivity contribution in [2.75, 3.05) is 11.1 Å². The second-order valence-corrected chi connectivity index (χ2v) is 8.38. The van der Waals surface area contributed by atoms with E-state index in [1.54, 1.807) is 18.3 Å². The van der Waals surface area contributed by atoms with Crippen molar-refractivity contribution in [1.82, 2.24) is 14.5 Å². The standard InChI is InChI=1S/C23H21N5O3S/c1-14-11-15(2)21(16(3)12-14)27-22-18(8-6-10-24-22)26-23(27)32-13-20(29)25-17-7-4-5-9-19(17)28(30)31/h4-12H,13H2,1-3H3,(H,25,29). The zero-order valence-electron chi connectivity index (χ0n) is 17.8. The Labute approximate surface area is 188 Å². The van der Waals surface area contributed by atoms with Gasteiger partial charge in [0, 0.05) is 12.3 Å². The molecule has 0 unspecified atom stereocenters. The highest BCUT2D eigenvalue weighted by molar-refractivity contribution is 7.99. The summed E-state index contributed by atoms with van der Waals surface area (Å²) in [6.45, 7) is 6.14. The molecule has 0 radical (unpaired) electrons. The number of carbonyl (C=O) groups is 1. The number of imidazole rings is 1. The first-order chi connectivity index (χ1) is 15.3. The van der Waals surface area contributed by atoms with Crippen molar-refractivity contribution < 1.29 is 9.72 Å². The van der Waals surface area contributed by atoms with Gasteiger partial charge in [0.2, 0.25) is 5.91 Å². The van der Waals surface area contributed by atoms with Crippen molar-refractivity contribution in [2.24, 2.45) is 0 Å². The van der Waals surface area contributed by atoms with Crippen LogP contribution < -0.4 is 5.32 Å². The molecule has 2 heterocycles. The quantitative estimate of drug-likeness (QED) is 0.254. The van der Waals surface area contributed by atoms with Gasteiger partial charge in [0.05, 0.1) is 16.4 Å². The number of anilines is 1. The number of nitrogens with one attached hydrogen (secondary N) is 1. The summed E-state index contributed by atoms with van der Waals surface area (Å²) in [6.07, 6.45) is 1.72. The number of rotatable bonds is 6. The zero-order chi connectivity index (χ0) is 22.8. The summed E-state index contributed by atoms with van der Waals surface area (Å²) in [5, 5.41) is 14.5. The van der Waals surface area contributed by atoms with Gasteiger partial charge in [0.25, 0.3) is 5.69 Å². The number of fused-ring (bicyclic) bond motifs is 1. The number of thioether (sulfide) groups is 1. The number of carbonyl (C=O) groups excluding carboxylic acids is 1. The van der Waals surface area contributed by atoms with Gasteiger partial charge in [-0.1, -0.05) is 41.6 Å². The summed E-state index contributed by atoms with van der Waals surface area (Å²) in [5.74, 6) is -0.313.